The molecule has 21 heavy (non-hydrogen) atoms. The molecule has 120 valence electrons. The van der Waals surface area contributed by atoms with Crippen LogP contribution in [0.25, 0.3) is 0 Å². The van der Waals surface area contributed by atoms with E-state index < -0.39 is 0 Å². The van der Waals surface area contributed by atoms with Crippen LogP contribution in [0, 0.1) is 5.92 Å². The Kier molecular flexibility index (Phi) is 6.06. The molecule has 0 radical (unpaired) electrons. The molecule has 1 saturated carbocycles. The summed E-state index contributed by atoms with van der Waals surface area (Å²) in [5.41, 5.74) is 1.28. The zero-order chi connectivity index (χ0) is 15.4. The molecule has 1 aliphatic rings. The van der Waals surface area contributed by atoms with Crippen molar-refractivity contribution in [2.24, 2.45) is 5.92 Å². The van der Waals surface area contributed by atoms with Crippen molar-refractivity contribution in [3.05, 3.63) is 10.6 Å². The van der Waals surface area contributed by atoms with Crippen molar-refractivity contribution in [3.8, 4) is 0 Å². The van der Waals surface area contributed by atoms with Crippen LogP contribution in [0.2, 0.25) is 0 Å². The van der Waals surface area contributed by atoms with E-state index in [4.69, 9.17) is 4.98 Å². The minimum absolute atomic E-state index is 0.502. The van der Waals surface area contributed by atoms with Gasteiger partial charge < -0.3 is 10.2 Å². The maximum absolute atomic E-state index is 4.97. The lowest BCUT2D eigenvalue weighted by Crippen LogP contribution is -2.35. The Morgan fingerprint density at radius 3 is 2.76 bits per heavy atom. The summed E-state index contributed by atoms with van der Waals surface area (Å²) in [6.07, 6.45) is 5.39. The number of nitrogens with zero attached hydrogens (tertiary/aromatic N) is 2. The molecule has 0 aromatic carbocycles. The van der Waals surface area contributed by atoms with Crippen LogP contribution in [0.15, 0.2) is 0 Å². The Bertz CT molecular complexity index is 441. The van der Waals surface area contributed by atoms with Gasteiger partial charge in [-0.2, -0.15) is 0 Å². The van der Waals surface area contributed by atoms with Gasteiger partial charge in [-0.3, -0.25) is 0 Å². The molecule has 2 rings (SSSR count). The Morgan fingerprint density at radius 1 is 1.38 bits per heavy atom. The minimum atomic E-state index is 0.502. The summed E-state index contributed by atoms with van der Waals surface area (Å²) in [6, 6.07) is 0.673. The molecule has 1 fully saturated rings. The van der Waals surface area contributed by atoms with Gasteiger partial charge in [0.1, 0.15) is 0 Å². The van der Waals surface area contributed by atoms with Crippen LogP contribution in [0.4, 0.5) is 5.13 Å². The standard InChI is InChI=1S/C17H31N3S/c1-6-18-11-15-16(12(2)3)19-17(21-15)20(5)14-9-7-8-13(4)10-14/h12-14,18H,6-11H2,1-5H3. The lowest BCUT2D eigenvalue weighted by molar-refractivity contribution is 0.336. The van der Waals surface area contributed by atoms with Gasteiger partial charge in [0.15, 0.2) is 5.13 Å². The van der Waals surface area contributed by atoms with Gasteiger partial charge in [-0.1, -0.05) is 40.5 Å². The average molecular weight is 310 g/mol. The van der Waals surface area contributed by atoms with E-state index in [0.717, 1.165) is 19.0 Å². The van der Waals surface area contributed by atoms with Crippen LogP contribution >= 0.6 is 11.3 Å². The molecule has 1 aliphatic carbocycles. The molecular weight excluding hydrogens is 278 g/mol. The van der Waals surface area contributed by atoms with E-state index in [2.05, 4.69) is 45.0 Å². The minimum Gasteiger partial charge on any atom is -0.348 e. The molecule has 1 N–H and O–H groups in total. The number of aromatic nitrogens is 1. The number of hydrogen-bond acceptors (Lipinski definition) is 4. The third kappa shape index (κ3) is 4.19. The molecule has 0 amide bonds. The third-order valence-corrected chi connectivity index (χ3v) is 5.72. The van der Waals surface area contributed by atoms with Gasteiger partial charge in [0.25, 0.3) is 0 Å². The number of hydrogen-bond donors (Lipinski definition) is 1. The number of rotatable bonds is 6. The van der Waals surface area contributed by atoms with Crippen LogP contribution in [-0.4, -0.2) is 24.6 Å². The van der Waals surface area contributed by atoms with E-state index >= 15 is 0 Å². The quantitative estimate of drug-likeness (QED) is 0.844. The molecular formula is C17H31N3S. The fraction of sp³-hybridized carbons (Fsp3) is 0.824. The lowest BCUT2D eigenvalue weighted by atomic mass is 9.86. The second kappa shape index (κ2) is 7.59. The number of nitrogens with one attached hydrogen (secondary N) is 1. The highest BCUT2D eigenvalue weighted by molar-refractivity contribution is 7.15. The van der Waals surface area contributed by atoms with Crippen molar-refractivity contribution >= 4 is 16.5 Å². The molecule has 2 unspecified atom stereocenters. The second-order valence-corrected chi connectivity index (χ2v) is 7.84. The summed E-state index contributed by atoms with van der Waals surface area (Å²) in [5.74, 6) is 1.36. The van der Waals surface area contributed by atoms with Crippen LogP contribution in [0.3, 0.4) is 0 Å². The maximum Gasteiger partial charge on any atom is 0.185 e. The molecule has 1 aromatic heterocycles. The van der Waals surface area contributed by atoms with Crippen LogP contribution in [0.1, 0.15) is 69.9 Å². The van der Waals surface area contributed by atoms with Crippen molar-refractivity contribution in [2.45, 2.75) is 71.9 Å². The summed E-state index contributed by atoms with van der Waals surface area (Å²) < 4.78 is 0. The van der Waals surface area contributed by atoms with E-state index in [0.29, 0.717) is 12.0 Å². The maximum atomic E-state index is 4.97. The van der Waals surface area contributed by atoms with Gasteiger partial charge in [-0.15, -0.1) is 11.3 Å². The second-order valence-electron chi connectivity index (χ2n) is 6.78. The summed E-state index contributed by atoms with van der Waals surface area (Å²) in [6.45, 7) is 11.0. The topological polar surface area (TPSA) is 28.2 Å². The highest BCUT2D eigenvalue weighted by Crippen LogP contribution is 2.34. The summed E-state index contributed by atoms with van der Waals surface area (Å²) in [4.78, 5) is 8.83. The van der Waals surface area contributed by atoms with E-state index in [1.807, 2.05) is 11.3 Å². The van der Waals surface area contributed by atoms with Crippen molar-refractivity contribution in [1.82, 2.24) is 10.3 Å². The Labute approximate surface area is 134 Å². The van der Waals surface area contributed by atoms with Crippen molar-refractivity contribution < 1.29 is 0 Å². The smallest absolute Gasteiger partial charge is 0.185 e. The number of anilines is 1. The molecule has 0 aliphatic heterocycles. The highest BCUT2D eigenvalue weighted by Gasteiger charge is 2.25. The molecule has 0 spiro atoms. The van der Waals surface area contributed by atoms with Crippen molar-refractivity contribution in [2.75, 3.05) is 18.5 Å². The molecule has 3 nitrogen and oxygen atoms in total. The van der Waals surface area contributed by atoms with Gasteiger partial charge in [0.05, 0.1) is 5.69 Å². The predicted molar refractivity (Wildman–Crippen MR) is 93.4 cm³/mol. The Hall–Kier alpha value is -0.610. The SMILES string of the molecule is CCNCc1sc(N(C)C2CCCC(C)C2)nc1C(C)C. The van der Waals surface area contributed by atoms with Gasteiger partial charge in [0.2, 0.25) is 0 Å². The van der Waals surface area contributed by atoms with Crippen molar-refractivity contribution in [3.63, 3.8) is 0 Å². The first-order chi connectivity index (χ1) is 10.0. The first-order valence-electron chi connectivity index (χ1n) is 8.46. The van der Waals surface area contributed by atoms with E-state index in [1.165, 1.54) is 41.4 Å². The van der Waals surface area contributed by atoms with E-state index in [-0.39, 0.29) is 0 Å². The van der Waals surface area contributed by atoms with Gasteiger partial charge >= 0.3 is 0 Å². The summed E-state index contributed by atoms with van der Waals surface area (Å²) in [7, 11) is 2.24. The summed E-state index contributed by atoms with van der Waals surface area (Å²) in [5, 5.41) is 4.66. The largest absolute Gasteiger partial charge is 0.348 e. The Morgan fingerprint density at radius 2 is 2.14 bits per heavy atom. The first-order valence-corrected chi connectivity index (χ1v) is 9.27. The van der Waals surface area contributed by atoms with Gasteiger partial charge in [-0.05, 0) is 31.2 Å². The lowest BCUT2D eigenvalue weighted by Gasteiger charge is -2.34. The van der Waals surface area contributed by atoms with Crippen LogP contribution in [-0.2, 0) is 6.54 Å². The molecule has 0 saturated heterocycles. The molecule has 0 bridgehead atoms. The van der Waals surface area contributed by atoms with Crippen LogP contribution < -0.4 is 10.2 Å². The fourth-order valence-corrected chi connectivity index (χ4v) is 4.45. The average Bonchev–Trinajstić information content (AvgIpc) is 2.88. The third-order valence-electron chi connectivity index (χ3n) is 4.56. The monoisotopic (exact) mass is 309 g/mol. The Balaban J connectivity index is 2.14. The first kappa shape index (κ1) is 16.8. The fourth-order valence-electron chi connectivity index (χ4n) is 3.23. The predicted octanol–water partition coefficient (Wildman–Crippen LogP) is 4.39. The van der Waals surface area contributed by atoms with E-state index in [9.17, 15) is 0 Å². The number of thiazole rings is 1. The normalized spacial score (nSPS) is 22.8. The van der Waals surface area contributed by atoms with Gasteiger partial charge in [-0.25, -0.2) is 4.98 Å². The zero-order valence-corrected chi connectivity index (χ0v) is 15.1. The van der Waals surface area contributed by atoms with Gasteiger partial charge in [0, 0.05) is 24.5 Å². The molecule has 1 heterocycles. The van der Waals surface area contributed by atoms with E-state index in [1.54, 1.807) is 0 Å². The molecule has 2 atom stereocenters. The highest BCUT2D eigenvalue weighted by atomic mass is 32.1. The molecule has 4 heteroatoms. The van der Waals surface area contributed by atoms with Crippen molar-refractivity contribution in [1.29, 1.82) is 0 Å². The zero-order valence-electron chi connectivity index (χ0n) is 14.3. The van der Waals surface area contributed by atoms with Crippen LogP contribution in [0.5, 0.6) is 0 Å². The summed E-state index contributed by atoms with van der Waals surface area (Å²) >= 11 is 1.88. The molecule has 1 aromatic rings.